The van der Waals surface area contributed by atoms with Crippen molar-refractivity contribution in [3.05, 3.63) is 94.6 Å². The van der Waals surface area contributed by atoms with Crippen molar-refractivity contribution in [1.29, 1.82) is 0 Å². The number of hydrogen-bond acceptors (Lipinski definition) is 4. The molecule has 1 heterocycles. The van der Waals surface area contributed by atoms with E-state index >= 15 is 0 Å². The molecule has 0 aliphatic heterocycles. The van der Waals surface area contributed by atoms with Gasteiger partial charge in [0.15, 0.2) is 0 Å². The van der Waals surface area contributed by atoms with Gasteiger partial charge in [0, 0.05) is 22.1 Å². The van der Waals surface area contributed by atoms with Gasteiger partial charge in [-0.2, -0.15) is 5.10 Å². The largest absolute Gasteiger partial charge is 0.497 e. The molecule has 1 aromatic heterocycles. The second-order valence-electron chi connectivity index (χ2n) is 8.57. The number of rotatable bonds is 9. The van der Waals surface area contributed by atoms with Crippen LogP contribution in [0.15, 0.2) is 83.3 Å². The van der Waals surface area contributed by atoms with Gasteiger partial charge in [-0.1, -0.05) is 53.2 Å². The van der Waals surface area contributed by atoms with E-state index in [0.29, 0.717) is 17.9 Å². The van der Waals surface area contributed by atoms with Crippen LogP contribution >= 0.6 is 15.9 Å². The van der Waals surface area contributed by atoms with Gasteiger partial charge in [-0.05, 0) is 67.4 Å². The summed E-state index contributed by atoms with van der Waals surface area (Å²) in [7, 11) is 1.61. The molecule has 0 aliphatic carbocycles. The van der Waals surface area contributed by atoms with E-state index in [1.54, 1.807) is 28.8 Å². The highest BCUT2D eigenvalue weighted by Crippen LogP contribution is 2.33. The summed E-state index contributed by atoms with van der Waals surface area (Å²) in [5.41, 5.74) is 3.84. The van der Waals surface area contributed by atoms with Gasteiger partial charge in [0.25, 0.3) is 5.91 Å². The van der Waals surface area contributed by atoms with E-state index in [0.717, 1.165) is 39.2 Å². The van der Waals surface area contributed by atoms with E-state index < -0.39 is 0 Å². The molecule has 4 rings (SSSR count). The molecule has 0 spiro atoms. The molecule has 0 aliphatic rings. The number of hydrogen-bond donors (Lipinski definition) is 1. The predicted molar refractivity (Wildman–Crippen MR) is 149 cm³/mol. The van der Waals surface area contributed by atoms with Crippen molar-refractivity contribution in [2.45, 2.75) is 20.3 Å². The lowest BCUT2D eigenvalue weighted by Gasteiger charge is -2.22. The molecule has 0 saturated carbocycles. The lowest BCUT2D eigenvalue weighted by atomic mass is 10.1. The predicted octanol–water partition coefficient (Wildman–Crippen LogP) is 6.11. The van der Waals surface area contributed by atoms with Crippen molar-refractivity contribution in [3.8, 4) is 22.6 Å². The zero-order valence-corrected chi connectivity index (χ0v) is 22.7. The standard InChI is InChI=1S/C29H29BrN4O3/c1-4-18-33(29(36)22-10-12-23(30)13-11-22)19-26(35)31-28-27(21-8-6-5-7-9-21)20(2)32-34(28)24-14-16-25(37-3)17-15-24/h5-17H,4,18-19H2,1-3H3,(H,31,35). The Morgan fingerprint density at radius 2 is 1.68 bits per heavy atom. The minimum Gasteiger partial charge on any atom is -0.497 e. The average molecular weight is 561 g/mol. The number of anilines is 1. The Bertz CT molecular complexity index is 1370. The maximum absolute atomic E-state index is 13.4. The molecule has 4 aromatic rings. The third-order valence-corrected chi connectivity index (χ3v) is 6.43. The van der Waals surface area contributed by atoms with Crippen LogP contribution < -0.4 is 10.1 Å². The van der Waals surface area contributed by atoms with Crippen molar-refractivity contribution in [1.82, 2.24) is 14.7 Å². The fourth-order valence-corrected chi connectivity index (χ4v) is 4.41. The number of ether oxygens (including phenoxy) is 1. The highest BCUT2D eigenvalue weighted by molar-refractivity contribution is 9.10. The summed E-state index contributed by atoms with van der Waals surface area (Å²) in [6.07, 6.45) is 0.730. The van der Waals surface area contributed by atoms with Crippen LogP contribution in [0.2, 0.25) is 0 Å². The number of nitrogens with one attached hydrogen (secondary N) is 1. The zero-order chi connectivity index (χ0) is 26.4. The molecule has 0 saturated heterocycles. The maximum atomic E-state index is 13.4. The Labute approximate surface area is 225 Å². The van der Waals surface area contributed by atoms with Gasteiger partial charge in [0.2, 0.25) is 5.91 Å². The smallest absolute Gasteiger partial charge is 0.254 e. The van der Waals surface area contributed by atoms with Crippen LogP contribution in [0, 0.1) is 6.92 Å². The number of methoxy groups -OCH3 is 1. The van der Waals surface area contributed by atoms with Crippen LogP contribution in [0.1, 0.15) is 29.4 Å². The first-order chi connectivity index (χ1) is 17.9. The second kappa shape index (κ2) is 11.9. The lowest BCUT2D eigenvalue weighted by molar-refractivity contribution is -0.116. The highest BCUT2D eigenvalue weighted by Gasteiger charge is 2.23. The van der Waals surface area contributed by atoms with E-state index in [-0.39, 0.29) is 18.4 Å². The Balaban J connectivity index is 1.67. The maximum Gasteiger partial charge on any atom is 0.254 e. The summed E-state index contributed by atoms with van der Waals surface area (Å²) in [6.45, 7) is 4.28. The summed E-state index contributed by atoms with van der Waals surface area (Å²) in [4.78, 5) is 28.1. The van der Waals surface area contributed by atoms with E-state index in [9.17, 15) is 9.59 Å². The number of halogens is 1. The SMILES string of the molecule is CCCN(CC(=O)Nc1c(-c2ccccc2)c(C)nn1-c1ccc(OC)cc1)C(=O)c1ccc(Br)cc1. The summed E-state index contributed by atoms with van der Waals surface area (Å²) >= 11 is 3.40. The zero-order valence-electron chi connectivity index (χ0n) is 21.1. The number of aromatic nitrogens is 2. The number of benzene rings is 3. The summed E-state index contributed by atoms with van der Waals surface area (Å²) in [5, 5.41) is 7.81. The molecule has 0 fully saturated rings. The van der Waals surface area contributed by atoms with Gasteiger partial charge in [-0.3, -0.25) is 9.59 Å². The average Bonchev–Trinajstić information content (AvgIpc) is 3.24. The molecular formula is C29H29BrN4O3. The molecule has 190 valence electrons. The first-order valence-corrected chi connectivity index (χ1v) is 12.8. The van der Waals surface area contributed by atoms with E-state index in [1.807, 2.05) is 80.6 Å². The number of carbonyl (C=O) groups is 2. The van der Waals surface area contributed by atoms with E-state index in [1.165, 1.54) is 0 Å². The third-order valence-electron chi connectivity index (χ3n) is 5.90. The van der Waals surface area contributed by atoms with Crippen LogP contribution in [0.25, 0.3) is 16.8 Å². The molecule has 8 heteroatoms. The summed E-state index contributed by atoms with van der Waals surface area (Å²) in [6, 6.07) is 24.4. The van der Waals surface area contributed by atoms with Crippen molar-refractivity contribution in [2.24, 2.45) is 0 Å². The minimum absolute atomic E-state index is 0.0796. The van der Waals surface area contributed by atoms with Crippen molar-refractivity contribution < 1.29 is 14.3 Å². The number of aryl methyl sites for hydroxylation is 1. The van der Waals surface area contributed by atoms with Gasteiger partial charge in [-0.25, -0.2) is 4.68 Å². The van der Waals surface area contributed by atoms with Gasteiger partial charge in [0.1, 0.15) is 18.1 Å². The molecule has 2 amide bonds. The number of carbonyl (C=O) groups excluding carboxylic acids is 2. The Kier molecular flexibility index (Phi) is 8.40. The topological polar surface area (TPSA) is 76.5 Å². The summed E-state index contributed by atoms with van der Waals surface area (Å²) < 4.78 is 7.90. The summed E-state index contributed by atoms with van der Waals surface area (Å²) in [5.74, 6) is 0.785. The molecule has 7 nitrogen and oxygen atoms in total. The van der Waals surface area contributed by atoms with Crippen molar-refractivity contribution in [2.75, 3.05) is 25.5 Å². The molecular weight excluding hydrogens is 532 g/mol. The van der Waals surface area contributed by atoms with Crippen LogP contribution in [0.3, 0.4) is 0 Å². The minimum atomic E-state index is -0.300. The molecule has 0 radical (unpaired) electrons. The highest BCUT2D eigenvalue weighted by atomic mass is 79.9. The first-order valence-electron chi connectivity index (χ1n) is 12.1. The lowest BCUT2D eigenvalue weighted by Crippen LogP contribution is -2.38. The van der Waals surface area contributed by atoms with Crippen LogP contribution in [-0.2, 0) is 4.79 Å². The Hall–Kier alpha value is -3.91. The second-order valence-corrected chi connectivity index (χ2v) is 9.48. The van der Waals surface area contributed by atoms with E-state index in [4.69, 9.17) is 9.84 Å². The molecule has 0 unspecified atom stereocenters. The monoisotopic (exact) mass is 560 g/mol. The van der Waals surface area contributed by atoms with Crippen LogP contribution in [0.4, 0.5) is 5.82 Å². The van der Waals surface area contributed by atoms with Gasteiger partial charge in [0.05, 0.1) is 18.5 Å². The van der Waals surface area contributed by atoms with Gasteiger partial charge < -0.3 is 15.0 Å². The molecule has 37 heavy (non-hydrogen) atoms. The Morgan fingerprint density at radius 1 is 1.00 bits per heavy atom. The Morgan fingerprint density at radius 3 is 2.30 bits per heavy atom. The molecule has 0 atom stereocenters. The van der Waals surface area contributed by atoms with Gasteiger partial charge >= 0.3 is 0 Å². The number of nitrogens with zero attached hydrogens (tertiary/aromatic N) is 3. The fourth-order valence-electron chi connectivity index (χ4n) is 4.15. The molecule has 1 N–H and O–H groups in total. The van der Waals surface area contributed by atoms with Gasteiger partial charge in [-0.15, -0.1) is 0 Å². The third kappa shape index (κ3) is 6.09. The van der Waals surface area contributed by atoms with Crippen molar-refractivity contribution >= 4 is 33.6 Å². The quantitative estimate of drug-likeness (QED) is 0.268. The first kappa shape index (κ1) is 26.2. The van der Waals surface area contributed by atoms with E-state index in [2.05, 4.69) is 21.2 Å². The van der Waals surface area contributed by atoms with Crippen LogP contribution in [-0.4, -0.2) is 46.7 Å². The normalized spacial score (nSPS) is 10.7. The number of amides is 2. The van der Waals surface area contributed by atoms with Crippen LogP contribution in [0.5, 0.6) is 5.75 Å². The fraction of sp³-hybridized carbons (Fsp3) is 0.207. The molecule has 3 aromatic carbocycles. The van der Waals surface area contributed by atoms with Crippen molar-refractivity contribution in [3.63, 3.8) is 0 Å². The molecule has 0 bridgehead atoms.